The van der Waals surface area contributed by atoms with Crippen molar-refractivity contribution in [1.29, 1.82) is 0 Å². The first-order valence-electron chi connectivity index (χ1n) is 4.52. The van der Waals surface area contributed by atoms with Crippen molar-refractivity contribution in [1.82, 2.24) is 0 Å². The van der Waals surface area contributed by atoms with Crippen LogP contribution in [-0.4, -0.2) is 23.7 Å². The molecule has 1 aromatic carbocycles. The van der Waals surface area contributed by atoms with Crippen LogP contribution in [0, 0.1) is 0 Å². The summed E-state index contributed by atoms with van der Waals surface area (Å²) in [5.74, 6) is -0.648. The predicted octanol–water partition coefficient (Wildman–Crippen LogP) is 0.520. The minimum atomic E-state index is -0.981. The van der Waals surface area contributed by atoms with Crippen LogP contribution in [0.3, 0.4) is 0 Å². The summed E-state index contributed by atoms with van der Waals surface area (Å²) in [4.78, 5) is 11.0. The molecule has 0 heterocycles. The molecule has 0 unspecified atom stereocenters. The summed E-state index contributed by atoms with van der Waals surface area (Å²) in [7, 11) is 0. The van der Waals surface area contributed by atoms with Crippen molar-refractivity contribution in [3.63, 3.8) is 0 Å². The van der Waals surface area contributed by atoms with E-state index in [-0.39, 0.29) is 0 Å². The topological polar surface area (TPSA) is 72.5 Å². The average molecular weight is 207 g/mol. The molecule has 1 atom stereocenters. The molecule has 0 amide bonds. The van der Waals surface area contributed by atoms with E-state index < -0.39 is 18.6 Å². The van der Waals surface area contributed by atoms with Crippen molar-refractivity contribution in [2.45, 2.75) is 6.04 Å². The Kier molecular flexibility index (Phi) is 4.53. The van der Waals surface area contributed by atoms with Gasteiger partial charge >= 0.3 is 5.97 Å². The lowest BCUT2D eigenvalue weighted by Gasteiger charge is -2.04. The van der Waals surface area contributed by atoms with Gasteiger partial charge in [0.1, 0.15) is 6.04 Å². The summed E-state index contributed by atoms with van der Waals surface area (Å²) in [5, 5.41) is 8.57. The highest BCUT2D eigenvalue weighted by atomic mass is 16.5. The minimum Gasteiger partial charge on any atom is -0.433 e. The Balaban J connectivity index is 2.44. The fourth-order valence-corrected chi connectivity index (χ4v) is 0.906. The highest BCUT2D eigenvalue weighted by Gasteiger charge is 2.11. The second-order valence-corrected chi connectivity index (χ2v) is 2.94. The van der Waals surface area contributed by atoms with E-state index in [1.165, 1.54) is 6.26 Å². The molecule has 1 rings (SSSR count). The molecule has 3 N–H and O–H groups in total. The largest absolute Gasteiger partial charge is 0.433 e. The zero-order valence-electron chi connectivity index (χ0n) is 8.17. The third-order valence-corrected chi connectivity index (χ3v) is 1.74. The molecule has 0 aliphatic heterocycles. The van der Waals surface area contributed by atoms with Crippen molar-refractivity contribution in [2.24, 2.45) is 5.73 Å². The van der Waals surface area contributed by atoms with E-state index >= 15 is 0 Å². The van der Waals surface area contributed by atoms with E-state index in [2.05, 4.69) is 0 Å². The first-order chi connectivity index (χ1) is 7.24. The number of hydrogen-bond donors (Lipinski definition) is 2. The highest BCUT2D eigenvalue weighted by molar-refractivity contribution is 5.76. The molecular weight excluding hydrogens is 194 g/mol. The number of aliphatic hydroxyl groups excluding tert-OH is 1. The van der Waals surface area contributed by atoms with Gasteiger partial charge in [0.2, 0.25) is 0 Å². The molecule has 0 aliphatic carbocycles. The highest BCUT2D eigenvalue weighted by Crippen LogP contribution is 2.01. The Hall–Kier alpha value is -1.65. The third-order valence-electron chi connectivity index (χ3n) is 1.74. The number of ether oxygens (including phenoxy) is 1. The number of rotatable bonds is 4. The molecule has 15 heavy (non-hydrogen) atoms. The number of esters is 1. The lowest BCUT2D eigenvalue weighted by molar-refractivity contribution is -0.140. The molecule has 0 fully saturated rings. The van der Waals surface area contributed by atoms with Gasteiger partial charge in [0.25, 0.3) is 0 Å². The van der Waals surface area contributed by atoms with Crippen LogP contribution in [0.5, 0.6) is 0 Å². The smallest absolute Gasteiger partial charge is 0.330 e. The van der Waals surface area contributed by atoms with Crippen LogP contribution in [0.2, 0.25) is 0 Å². The fourth-order valence-electron chi connectivity index (χ4n) is 0.906. The molecule has 80 valence electrons. The quantitative estimate of drug-likeness (QED) is 0.557. The summed E-state index contributed by atoms with van der Waals surface area (Å²) in [6.45, 7) is -0.419. The molecule has 0 saturated carbocycles. The van der Waals surface area contributed by atoms with Crippen LogP contribution in [0.25, 0.3) is 6.08 Å². The molecule has 0 spiro atoms. The minimum absolute atomic E-state index is 0.419. The number of nitrogens with two attached hydrogens (primary N) is 1. The maximum atomic E-state index is 11.0. The number of aliphatic hydroxyl groups is 1. The van der Waals surface area contributed by atoms with Crippen molar-refractivity contribution < 1.29 is 14.6 Å². The van der Waals surface area contributed by atoms with Crippen LogP contribution < -0.4 is 5.73 Å². The standard InChI is InChI=1S/C11H13NO3/c12-10(8-13)11(14)15-7-6-9-4-2-1-3-5-9/h1-7,10,13H,8,12H2/t10-/m0/s1. The van der Waals surface area contributed by atoms with Gasteiger partial charge < -0.3 is 15.6 Å². The average Bonchev–Trinajstić information content (AvgIpc) is 2.29. The zero-order chi connectivity index (χ0) is 11.1. The van der Waals surface area contributed by atoms with E-state index in [1.54, 1.807) is 6.08 Å². The molecule has 0 aliphatic rings. The van der Waals surface area contributed by atoms with Gasteiger partial charge in [-0.1, -0.05) is 30.3 Å². The van der Waals surface area contributed by atoms with Gasteiger partial charge in [-0.15, -0.1) is 0 Å². The SMILES string of the molecule is N[C@@H](CO)C(=O)OC=Cc1ccccc1. The number of benzene rings is 1. The summed E-state index contributed by atoms with van der Waals surface area (Å²) in [6, 6.07) is 8.41. The van der Waals surface area contributed by atoms with Gasteiger partial charge in [-0.2, -0.15) is 0 Å². The summed E-state index contributed by atoms with van der Waals surface area (Å²) < 4.78 is 4.69. The molecule has 0 radical (unpaired) electrons. The van der Waals surface area contributed by atoms with Crippen LogP contribution in [0.1, 0.15) is 5.56 Å². The molecule has 1 aromatic rings. The molecule has 0 bridgehead atoms. The van der Waals surface area contributed by atoms with E-state index in [0.29, 0.717) is 0 Å². The normalized spacial score (nSPS) is 12.7. The van der Waals surface area contributed by atoms with Crippen LogP contribution in [-0.2, 0) is 9.53 Å². The van der Waals surface area contributed by atoms with Gasteiger partial charge in [0.15, 0.2) is 0 Å². The molecule has 4 nitrogen and oxygen atoms in total. The van der Waals surface area contributed by atoms with Gasteiger partial charge in [-0.25, -0.2) is 4.79 Å². The van der Waals surface area contributed by atoms with Crippen LogP contribution >= 0.6 is 0 Å². The second-order valence-electron chi connectivity index (χ2n) is 2.94. The Morgan fingerprint density at radius 1 is 1.47 bits per heavy atom. The number of carbonyl (C=O) groups is 1. The van der Waals surface area contributed by atoms with Gasteiger partial charge in [0.05, 0.1) is 12.9 Å². The maximum absolute atomic E-state index is 11.0. The summed E-state index contributed by atoms with van der Waals surface area (Å²) in [6.07, 6.45) is 2.90. The van der Waals surface area contributed by atoms with Gasteiger partial charge in [-0.3, -0.25) is 0 Å². The van der Waals surface area contributed by atoms with E-state index in [0.717, 1.165) is 5.56 Å². The number of carbonyl (C=O) groups excluding carboxylic acids is 1. The maximum Gasteiger partial charge on any atom is 0.330 e. The summed E-state index contributed by atoms with van der Waals surface area (Å²) >= 11 is 0. The molecule has 0 saturated heterocycles. The van der Waals surface area contributed by atoms with Gasteiger partial charge in [0, 0.05) is 0 Å². The predicted molar refractivity (Wildman–Crippen MR) is 56.6 cm³/mol. The van der Waals surface area contributed by atoms with Crippen molar-refractivity contribution in [3.8, 4) is 0 Å². The summed E-state index contributed by atoms with van der Waals surface area (Å²) in [5.41, 5.74) is 6.16. The Bertz CT molecular complexity index is 335. The van der Waals surface area contributed by atoms with E-state index in [4.69, 9.17) is 15.6 Å². The second kappa shape index (κ2) is 5.95. The first kappa shape index (κ1) is 11.4. The third kappa shape index (κ3) is 3.93. The fraction of sp³-hybridized carbons (Fsp3) is 0.182. The molecular formula is C11H13NO3. The van der Waals surface area contributed by atoms with Crippen molar-refractivity contribution in [3.05, 3.63) is 42.2 Å². The lowest BCUT2D eigenvalue weighted by Crippen LogP contribution is -2.34. The Morgan fingerprint density at radius 2 is 2.13 bits per heavy atom. The van der Waals surface area contributed by atoms with Crippen molar-refractivity contribution in [2.75, 3.05) is 6.61 Å². The monoisotopic (exact) mass is 207 g/mol. The number of hydrogen-bond acceptors (Lipinski definition) is 4. The Morgan fingerprint density at radius 3 is 2.73 bits per heavy atom. The van der Waals surface area contributed by atoms with Crippen LogP contribution in [0.15, 0.2) is 36.6 Å². The van der Waals surface area contributed by atoms with Crippen LogP contribution in [0.4, 0.5) is 0 Å². The molecule has 0 aromatic heterocycles. The lowest BCUT2D eigenvalue weighted by atomic mass is 10.2. The molecule has 4 heteroatoms. The van der Waals surface area contributed by atoms with E-state index in [1.807, 2.05) is 30.3 Å². The Labute approximate surface area is 88.0 Å². The first-order valence-corrected chi connectivity index (χ1v) is 4.52. The zero-order valence-corrected chi connectivity index (χ0v) is 8.17. The van der Waals surface area contributed by atoms with E-state index in [9.17, 15) is 4.79 Å². The van der Waals surface area contributed by atoms with Crippen molar-refractivity contribution >= 4 is 12.0 Å². The van der Waals surface area contributed by atoms with Gasteiger partial charge in [-0.05, 0) is 11.6 Å².